The second-order valence-electron chi connectivity index (χ2n) is 6.13. The lowest BCUT2D eigenvalue weighted by Gasteiger charge is -2.33. The molecule has 0 N–H and O–H groups in total. The molecule has 1 amide bonds. The maximum Gasteiger partial charge on any atom is 0.248 e. The number of carbonyl (C=O) groups excluding carboxylic acids is 1. The summed E-state index contributed by atoms with van der Waals surface area (Å²) in [7, 11) is -3.64. The first kappa shape index (κ1) is 18.1. The Morgan fingerprint density at radius 2 is 1.88 bits per heavy atom. The third kappa shape index (κ3) is 3.63. The number of aryl methyl sites for hydroxylation is 3. The first-order valence-electron chi connectivity index (χ1n) is 8.05. The molecule has 0 spiro atoms. The summed E-state index contributed by atoms with van der Waals surface area (Å²) in [5, 5.41) is 3.73. The molecule has 136 valence electrons. The molecule has 1 saturated heterocycles. The zero-order valence-electron chi connectivity index (χ0n) is 14.5. The monoisotopic (exact) mass is 383 g/mol. The normalized spacial score (nSPS) is 16.4. The van der Waals surface area contributed by atoms with Crippen LogP contribution in [0, 0.1) is 20.8 Å². The van der Waals surface area contributed by atoms with Crippen LogP contribution in [0.2, 0.25) is 0 Å². The number of nitrogens with zero attached hydrogens (tertiary/aromatic N) is 3. The maximum absolute atomic E-state index is 12.8. The van der Waals surface area contributed by atoms with E-state index in [0.717, 1.165) is 4.88 Å². The number of amides is 1. The molecule has 1 fully saturated rings. The number of carbonyl (C=O) groups is 1. The zero-order chi connectivity index (χ0) is 18.2. The molecule has 0 saturated carbocycles. The summed E-state index contributed by atoms with van der Waals surface area (Å²) in [6, 6.07) is 3.97. The van der Waals surface area contributed by atoms with Crippen molar-refractivity contribution in [2.45, 2.75) is 32.1 Å². The lowest BCUT2D eigenvalue weighted by molar-refractivity contribution is -0.131. The molecule has 0 aromatic carbocycles. The average molecular weight is 383 g/mol. The number of thiophene rings is 1. The highest BCUT2D eigenvalue weighted by Gasteiger charge is 2.34. The standard InChI is InChI=1S/C16H21N3O4S2/c1-11-4-5-14(24-11)10-15(20)18-6-8-19(9-7-18)25(21,22)16-12(2)17-23-13(16)3/h4-5H,6-10H2,1-3H3. The fourth-order valence-electron chi connectivity index (χ4n) is 2.99. The Morgan fingerprint density at radius 1 is 1.20 bits per heavy atom. The van der Waals surface area contributed by atoms with Crippen molar-refractivity contribution < 1.29 is 17.7 Å². The third-order valence-corrected chi connectivity index (χ3v) is 7.42. The lowest BCUT2D eigenvalue weighted by Crippen LogP contribution is -2.50. The van der Waals surface area contributed by atoms with Crippen LogP contribution in [0.25, 0.3) is 0 Å². The molecular formula is C16H21N3O4S2. The zero-order valence-corrected chi connectivity index (χ0v) is 16.1. The van der Waals surface area contributed by atoms with Crippen molar-refractivity contribution in [2.24, 2.45) is 0 Å². The van der Waals surface area contributed by atoms with Gasteiger partial charge in [-0.1, -0.05) is 5.16 Å². The van der Waals surface area contributed by atoms with Crippen molar-refractivity contribution in [3.63, 3.8) is 0 Å². The van der Waals surface area contributed by atoms with Crippen molar-refractivity contribution in [1.82, 2.24) is 14.4 Å². The first-order chi connectivity index (χ1) is 11.8. The maximum atomic E-state index is 12.8. The molecule has 0 atom stereocenters. The summed E-state index contributed by atoms with van der Waals surface area (Å²) in [5.41, 5.74) is 0.365. The minimum absolute atomic E-state index is 0.0382. The van der Waals surface area contributed by atoms with Gasteiger partial charge in [0.15, 0.2) is 5.76 Å². The van der Waals surface area contributed by atoms with Gasteiger partial charge in [0.25, 0.3) is 0 Å². The van der Waals surface area contributed by atoms with Crippen molar-refractivity contribution in [2.75, 3.05) is 26.2 Å². The summed E-state index contributed by atoms with van der Waals surface area (Å²) in [4.78, 5) is 16.5. The molecule has 3 rings (SSSR count). The van der Waals surface area contributed by atoms with Gasteiger partial charge in [0.2, 0.25) is 15.9 Å². The van der Waals surface area contributed by atoms with Gasteiger partial charge in [-0.2, -0.15) is 4.31 Å². The van der Waals surface area contributed by atoms with Gasteiger partial charge >= 0.3 is 0 Å². The van der Waals surface area contributed by atoms with E-state index >= 15 is 0 Å². The van der Waals surface area contributed by atoms with Crippen LogP contribution in [0.5, 0.6) is 0 Å². The Kier molecular flexibility index (Phi) is 4.99. The molecule has 0 radical (unpaired) electrons. The quantitative estimate of drug-likeness (QED) is 0.803. The van der Waals surface area contributed by atoms with Gasteiger partial charge < -0.3 is 9.42 Å². The highest BCUT2D eigenvalue weighted by atomic mass is 32.2. The third-order valence-electron chi connectivity index (χ3n) is 4.28. The van der Waals surface area contributed by atoms with Crippen LogP contribution in [0.3, 0.4) is 0 Å². The number of sulfonamides is 1. The van der Waals surface area contributed by atoms with Crippen molar-refractivity contribution >= 4 is 27.3 Å². The molecule has 0 unspecified atom stereocenters. The highest BCUT2D eigenvalue weighted by molar-refractivity contribution is 7.89. The van der Waals surface area contributed by atoms with Crippen LogP contribution in [0.15, 0.2) is 21.6 Å². The molecule has 9 heteroatoms. The molecule has 0 bridgehead atoms. The molecule has 7 nitrogen and oxygen atoms in total. The molecule has 25 heavy (non-hydrogen) atoms. The van der Waals surface area contributed by atoms with Gasteiger partial charge in [-0.05, 0) is 32.9 Å². The van der Waals surface area contributed by atoms with Gasteiger partial charge in [0, 0.05) is 35.9 Å². The van der Waals surface area contributed by atoms with Gasteiger partial charge in [0.1, 0.15) is 10.6 Å². The second kappa shape index (κ2) is 6.89. The van der Waals surface area contributed by atoms with E-state index in [2.05, 4.69) is 5.16 Å². The van der Waals surface area contributed by atoms with E-state index in [4.69, 9.17) is 4.52 Å². The van der Waals surface area contributed by atoms with Crippen LogP contribution in [0.4, 0.5) is 0 Å². The minimum Gasteiger partial charge on any atom is -0.360 e. The number of hydrogen-bond donors (Lipinski definition) is 0. The van der Waals surface area contributed by atoms with Crippen LogP contribution in [-0.4, -0.2) is 54.9 Å². The summed E-state index contributed by atoms with van der Waals surface area (Å²) in [5.74, 6) is 0.334. The van der Waals surface area contributed by atoms with E-state index in [0.29, 0.717) is 31.0 Å². The Balaban J connectivity index is 1.64. The predicted octanol–water partition coefficient (Wildman–Crippen LogP) is 1.74. The van der Waals surface area contributed by atoms with E-state index in [9.17, 15) is 13.2 Å². The topological polar surface area (TPSA) is 83.7 Å². The summed E-state index contributed by atoms with van der Waals surface area (Å²) >= 11 is 1.62. The summed E-state index contributed by atoms with van der Waals surface area (Å²) in [6.07, 6.45) is 0.370. The molecule has 2 aromatic heterocycles. The molecule has 2 aromatic rings. The van der Waals surface area contributed by atoms with E-state index in [-0.39, 0.29) is 23.9 Å². The molecule has 1 aliphatic rings. The number of hydrogen-bond acceptors (Lipinski definition) is 6. The van der Waals surface area contributed by atoms with Crippen LogP contribution >= 0.6 is 11.3 Å². The van der Waals surface area contributed by atoms with Crippen LogP contribution in [-0.2, 0) is 21.2 Å². The van der Waals surface area contributed by atoms with Gasteiger partial charge in [0.05, 0.1) is 6.42 Å². The van der Waals surface area contributed by atoms with Crippen LogP contribution < -0.4 is 0 Å². The molecule has 1 aliphatic heterocycles. The number of aromatic nitrogens is 1. The molecule has 0 aliphatic carbocycles. The summed E-state index contributed by atoms with van der Waals surface area (Å²) < 4.78 is 32.0. The first-order valence-corrected chi connectivity index (χ1v) is 10.3. The number of rotatable bonds is 4. The Hall–Kier alpha value is -1.71. The molecule has 3 heterocycles. The van der Waals surface area contributed by atoms with E-state index in [1.807, 2.05) is 19.1 Å². The fraction of sp³-hybridized carbons (Fsp3) is 0.500. The SMILES string of the molecule is Cc1ccc(CC(=O)N2CCN(S(=O)(=O)c3c(C)noc3C)CC2)s1. The minimum atomic E-state index is -3.64. The predicted molar refractivity (Wildman–Crippen MR) is 94.1 cm³/mol. The van der Waals surface area contributed by atoms with E-state index in [1.54, 1.807) is 30.1 Å². The smallest absolute Gasteiger partial charge is 0.248 e. The summed E-state index contributed by atoms with van der Waals surface area (Å²) in [6.45, 7) is 6.57. The Morgan fingerprint density at radius 3 is 2.40 bits per heavy atom. The van der Waals surface area contributed by atoms with E-state index in [1.165, 1.54) is 9.18 Å². The van der Waals surface area contributed by atoms with Crippen molar-refractivity contribution in [3.05, 3.63) is 33.3 Å². The lowest BCUT2D eigenvalue weighted by atomic mass is 10.2. The average Bonchev–Trinajstić information content (AvgIpc) is 3.13. The van der Waals surface area contributed by atoms with Crippen molar-refractivity contribution in [1.29, 1.82) is 0 Å². The number of piperazine rings is 1. The molecular weight excluding hydrogens is 362 g/mol. The second-order valence-corrected chi connectivity index (χ2v) is 9.37. The highest BCUT2D eigenvalue weighted by Crippen LogP contribution is 2.24. The Labute approximate surface area is 151 Å². The van der Waals surface area contributed by atoms with Gasteiger partial charge in [-0.25, -0.2) is 8.42 Å². The van der Waals surface area contributed by atoms with Gasteiger partial charge in [-0.3, -0.25) is 4.79 Å². The van der Waals surface area contributed by atoms with Crippen molar-refractivity contribution in [3.8, 4) is 0 Å². The van der Waals surface area contributed by atoms with Crippen LogP contribution in [0.1, 0.15) is 21.2 Å². The Bertz CT molecular complexity index is 858. The fourth-order valence-corrected chi connectivity index (χ4v) is 5.59. The largest absolute Gasteiger partial charge is 0.360 e. The van der Waals surface area contributed by atoms with Gasteiger partial charge in [-0.15, -0.1) is 11.3 Å². The van der Waals surface area contributed by atoms with E-state index < -0.39 is 10.0 Å².